The third-order valence-electron chi connectivity index (χ3n) is 4.44. The summed E-state index contributed by atoms with van der Waals surface area (Å²) in [4.78, 5) is 18.8. The molecule has 19 heavy (non-hydrogen) atoms. The Morgan fingerprint density at radius 3 is 2.89 bits per heavy atom. The Morgan fingerprint density at radius 2 is 2.11 bits per heavy atom. The van der Waals surface area contributed by atoms with Crippen LogP contribution < -0.4 is 0 Å². The molecule has 1 amide bonds. The molecule has 4 heteroatoms. The zero-order valence-corrected chi connectivity index (χ0v) is 12.0. The average molecular weight is 279 g/mol. The van der Waals surface area contributed by atoms with Crippen molar-refractivity contribution >= 4 is 17.5 Å². The Labute approximate surface area is 119 Å². The van der Waals surface area contributed by atoms with E-state index >= 15 is 0 Å². The van der Waals surface area contributed by atoms with E-state index in [0.717, 1.165) is 31.0 Å². The summed E-state index contributed by atoms with van der Waals surface area (Å²) in [6, 6.07) is 3.98. The van der Waals surface area contributed by atoms with Crippen molar-refractivity contribution in [2.75, 3.05) is 6.54 Å². The van der Waals surface area contributed by atoms with Crippen molar-refractivity contribution in [2.24, 2.45) is 5.92 Å². The monoisotopic (exact) mass is 278 g/mol. The van der Waals surface area contributed by atoms with Crippen LogP contribution in [0.4, 0.5) is 0 Å². The molecule has 1 aliphatic heterocycles. The molecule has 102 valence electrons. The zero-order valence-electron chi connectivity index (χ0n) is 11.2. The number of carbonyl (C=O) groups excluding carboxylic acids is 1. The van der Waals surface area contributed by atoms with Gasteiger partial charge >= 0.3 is 0 Å². The number of hydrogen-bond acceptors (Lipinski definition) is 2. The quantitative estimate of drug-likeness (QED) is 0.737. The van der Waals surface area contributed by atoms with E-state index in [1.54, 1.807) is 6.07 Å². The lowest BCUT2D eigenvalue weighted by molar-refractivity contribution is 0.0690. The maximum absolute atomic E-state index is 12.6. The molecular formula is C15H19ClN2O. The Morgan fingerprint density at radius 1 is 1.32 bits per heavy atom. The zero-order chi connectivity index (χ0) is 13.4. The van der Waals surface area contributed by atoms with Gasteiger partial charge in [0.15, 0.2) is 0 Å². The van der Waals surface area contributed by atoms with Crippen LogP contribution in [0.3, 0.4) is 0 Å². The highest BCUT2D eigenvalue weighted by Crippen LogP contribution is 2.36. The predicted octanol–water partition coefficient (Wildman–Crippen LogP) is 3.45. The lowest BCUT2D eigenvalue weighted by atomic mass is 9.85. The van der Waals surface area contributed by atoms with Gasteiger partial charge < -0.3 is 4.90 Å². The van der Waals surface area contributed by atoms with Gasteiger partial charge in [0.1, 0.15) is 5.15 Å². The van der Waals surface area contributed by atoms with Gasteiger partial charge in [-0.1, -0.05) is 24.4 Å². The minimum Gasteiger partial charge on any atom is -0.335 e. The molecule has 1 saturated heterocycles. The van der Waals surface area contributed by atoms with Crippen LogP contribution in [-0.2, 0) is 0 Å². The number of carbonyl (C=O) groups is 1. The van der Waals surface area contributed by atoms with E-state index in [-0.39, 0.29) is 5.91 Å². The molecule has 2 unspecified atom stereocenters. The smallest absolute Gasteiger partial charge is 0.254 e. The van der Waals surface area contributed by atoms with Gasteiger partial charge in [0.25, 0.3) is 5.91 Å². The van der Waals surface area contributed by atoms with E-state index in [1.165, 1.54) is 19.3 Å². The number of rotatable bonds is 1. The third kappa shape index (κ3) is 2.48. The van der Waals surface area contributed by atoms with Crippen molar-refractivity contribution in [3.63, 3.8) is 0 Å². The maximum atomic E-state index is 12.6. The fourth-order valence-electron chi connectivity index (χ4n) is 3.58. The largest absolute Gasteiger partial charge is 0.335 e. The highest BCUT2D eigenvalue weighted by Gasteiger charge is 2.38. The number of fused-ring (bicyclic) bond motifs is 1. The summed E-state index contributed by atoms with van der Waals surface area (Å²) in [6.45, 7) is 2.77. The number of halogens is 1. The second-order valence-electron chi connectivity index (χ2n) is 5.72. The van der Waals surface area contributed by atoms with Crippen molar-refractivity contribution in [3.05, 3.63) is 28.5 Å². The van der Waals surface area contributed by atoms with Gasteiger partial charge in [-0.3, -0.25) is 4.79 Å². The molecule has 3 nitrogen and oxygen atoms in total. The number of likely N-dealkylation sites (tertiary alicyclic amines) is 1. The molecule has 0 N–H and O–H groups in total. The third-order valence-corrected chi connectivity index (χ3v) is 4.63. The predicted molar refractivity (Wildman–Crippen MR) is 75.4 cm³/mol. The maximum Gasteiger partial charge on any atom is 0.254 e. The van der Waals surface area contributed by atoms with Crippen LogP contribution in [-0.4, -0.2) is 28.4 Å². The first-order valence-corrected chi connectivity index (χ1v) is 7.48. The number of aryl methyl sites for hydroxylation is 1. The lowest BCUT2D eigenvalue weighted by Crippen LogP contribution is -2.39. The Hall–Kier alpha value is -1.09. The van der Waals surface area contributed by atoms with Crippen molar-refractivity contribution in [1.29, 1.82) is 0 Å². The summed E-state index contributed by atoms with van der Waals surface area (Å²) in [5, 5.41) is 0.405. The van der Waals surface area contributed by atoms with E-state index in [9.17, 15) is 4.79 Å². The van der Waals surface area contributed by atoms with E-state index in [2.05, 4.69) is 9.88 Å². The molecule has 2 aliphatic rings. The first-order valence-electron chi connectivity index (χ1n) is 7.10. The molecule has 2 heterocycles. The van der Waals surface area contributed by atoms with Gasteiger partial charge in [-0.25, -0.2) is 4.98 Å². The minimum absolute atomic E-state index is 0.127. The molecular weight excluding hydrogens is 260 g/mol. The molecule has 2 atom stereocenters. The number of hydrogen-bond donors (Lipinski definition) is 0. The fourth-order valence-corrected chi connectivity index (χ4v) is 3.83. The van der Waals surface area contributed by atoms with Gasteiger partial charge in [-0.2, -0.15) is 0 Å². The molecule has 0 spiro atoms. The molecule has 1 saturated carbocycles. The molecule has 0 radical (unpaired) electrons. The van der Waals surface area contributed by atoms with Crippen molar-refractivity contribution in [1.82, 2.24) is 9.88 Å². The molecule has 1 aliphatic carbocycles. The second-order valence-corrected chi connectivity index (χ2v) is 6.11. The van der Waals surface area contributed by atoms with E-state index < -0.39 is 0 Å². The Kier molecular flexibility index (Phi) is 3.48. The van der Waals surface area contributed by atoms with E-state index in [4.69, 9.17) is 11.6 Å². The second kappa shape index (κ2) is 5.12. The summed E-state index contributed by atoms with van der Waals surface area (Å²) in [7, 11) is 0. The van der Waals surface area contributed by atoms with Crippen LogP contribution in [0.2, 0.25) is 5.15 Å². The van der Waals surface area contributed by atoms with Gasteiger partial charge in [-0.05, 0) is 44.2 Å². The van der Waals surface area contributed by atoms with Crippen LogP contribution in [0.25, 0.3) is 0 Å². The molecule has 2 fully saturated rings. The number of aromatic nitrogens is 1. The van der Waals surface area contributed by atoms with Gasteiger partial charge in [0.2, 0.25) is 0 Å². The lowest BCUT2D eigenvalue weighted by Gasteiger charge is -2.31. The summed E-state index contributed by atoms with van der Waals surface area (Å²) in [6.07, 6.45) is 6.18. The standard InChI is InChI=1S/C15H19ClN2O/c1-10-8-12(9-14(16)17-10)15(19)18-7-6-11-4-2-3-5-13(11)18/h8-9,11,13H,2-7H2,1H3. The van der Waals surface area contributed by atoms with Crippen molar-refractivity contribution in [2.45, 2.75) is 45.1 Å². The van der Waals surface area contributed by atoms with E-state index in [0.29, 0.717) is 16.8 Å². The topological polar surface area (TPSA) is 33.2 Å². The molecule has 0 bridgehead atoms. The number of nitrogens with zero attached hydrogens (tertiary/aromatic N) is 2. The highest BCUT2D eigenvalue weighted by molar-refractivity contribution is 6.29. The first-order chi connectivity index (χ1) is 9.15. The van der Waals surface area contributed by atoms with Crippen molar-refractivity contribution in [3.8, 4) is 0 Å². The van der Waals surface area contributed by atoms with Crippen LogP contribution in [0.15, 0.2) is 12.1 Å². The van der Waals surface area contributed by atoms with Gasteiger partial charge in [0.05, 0.1) is 0 Å². The molecule has 1 aromatic heterocycles. The van der Waals surface area contributed by atoms with Crippen LogP contribution in [0.1, 0.15) is 48.2 Å². The van der Waals surface area contributed by atoms with Crippen LogP contribution >= 0.6 is 11.6 Å². The number of amides is 1. The van der Waals surface area contributed by atoms with Crippen LogP contribution in [0.5, 0.6) is 0 Å². The van der Waals surface area contributed by atoms with Gasteiger partial charge in [-0.15, -0.1) is 0 Å². The van der Waals surface area contributed by atoms with E-state index in [1.807, 2.05) is 13.0 Å². The van der Waals surface area contributed by atoms with Gasteiger partial charge in [0, 0.05) is 23.8 Å². The molecule has 0 aromatic carbocycles. The Balaban J connectivity index is 1.83. The summed E-state index contributed by atoms with van der Waals surface area (Å²) in [5.74, 6) is 0.845. The van der Waals surface area contributed by atoms with Crippen molar-refractivity contribution < 1.29 is 4.79 Å². The summed E-state index contributed by atoms with van der Waals surface area (Å²) < 4.78 is 0. The highest BCUT2D eigenvalue weighted by atomic mass is 35.5. The van der Waals surface area contributed by atoms with Crippen LogP contribution in [0, 0.1) is 12.8 Å². The number of pyridine rings is 1. The normalized spacial score (nSPS) is 26.3. The molecule has 3 rings (SSSR count). The SMILES string of the molecule is Cc1cc(C(=O)N2CCC3CCCCC32)cc(Cl)n1. The fraction of sp³-hybridized carbons (Fsp3) is 0.600. The average Bonchev–Trinajstić information content (AvgIpc) is 2.80. The molecule has 1 aromatic rings. The summed E-state index contributed by atoms with van der Waals surface area (Å²) >= 11 is 5.96. The summed E-state index contributed by atoms with van der Waals surface area (Å²) in [5.41, 5.74) is 1.49. The first kappa shape index (κ1) is 12.9. The minimum atomic E-state index is 0.127. The Bertz CT molecular complexity index is 483.